The summed E-state index contributed by atoms with van der Waals surface area (Å²) in [7, 11) is 0. The molecule has 0 saturated heterocycles. The normalized spacial score (nSPS) is 24.6. The van der Waals surface area contributed by atoms with Crippen molar-refractivity contribution >= 4 is 5.69 Å². The van der Waals surface area contributed by atoms with E-state index in [1.54, 1.807) is 12.1 Å². The van der Waals surface area contributed by atoms with Crippen LogP contribution >= 0.6 is 0 Å². The Balaban J connectivity index is 1.88. The van der Waals surface area contributed by atoms with Gasteiger partial charge in [0.15, 0.2) is 0 Å². The molecule has 0 bridgehead atoms. The summed E-state index contributed by atoms with van der Waals surface area (Å²) in [6, 6.07) is 9.76. The van der Waals surface area contributed by atoms with E-state index in [1.807, 2.05) is 13.0 Å². The Labute approximate surface area is 145 Å². The summed E-state index contributed by atoms with van der Waals surface area (Å²) < 4.78 is 40.6. The molecule has 0 radical (unpaired) electrons. The maximum absolute atomic E-state index is 13.5. The minimum atomic E-state index is -4.35. The van der Waals surface area contributed by atoms with Crippen molar-refractivity contribution in [3.8, 4) is 0 Å². The van der Waals surface area contributed by atoms with Gasteiger partial charge in [-0.05, 0) is 54.5 Å². The Bertz CT molecular complexity index is 851. The molecule has 1 nitrogen and oxygen atoms in total. The number of anilines is 1. The largest absolute Gasteiger partial charge is 0.416 e. The summed E-state index contributed by atoms with van der Waals surface area (Å²) in [5, 5.41) is 3.47. The lowest BCUT2D eigenvalue weighted by Crippen LogP contribution is -2.31. The Morgan fingerprint density at radius 2 is 1.72 bits per heavy atom. The highest BCUT2D eigenvalue weighted by Gasteiger charge is 2.43. The highest BCUT2D eigenvalue weighted by Crippen LogP contribution is 2.53. The van der Waals surface area contributed by atoms with E-state index in [9.17, 15) is 13.2 Å². The molecule has 0 saturated carbocycles. The molecular weight excluding hydrogens is 323 g/mol. The molecule has 130 valence electrons. The summed E-state index contributed by atoms with van der Waals surface area (Å²) in [6.45, 7) is 4.09. The zero-order valence-corrected chi connectivity index (χ0v) is 14.2. The van der Waals surface area contributed by atoms with Crippen LogP contribution in [0.15, 0.2) is 48.6 Å². The molecule has 0 fully saturated rings. The van der Waals surface area contributed by atoms with Crippen LogP contribution in [0.1, 0.15) is 46.2 Å². The van der Waals surface area contributed by atoms with Crippen LogP contribution in [0.3, 0.4) is 0 Å². The van der Waals surface area contributed by atoms with Gasteiger partial charge in [0, 0.05) is 11.6 Å². The van der Waals surface area contributed by atoms with E-state index in [1.165, 1.54) is 23.3 Å². The number of halogens is 3. The standard InChI is InChI=1S/C21H20F3N/c1-12-10-11-13(2)19-18(12)14-7-5-8-15(14)20(25-19)16-6-3-4-9-17(16)21(22,23)24/h3-7,9-11,14-15,20,25H,8H2,1-2H3/t14-,15+,20-/m0/s1. The van der Waals surface area contributed by atoms with Crippen LogP contribution < -0.4 is 5.32 Å². The van der Waals surface area contributed by atoms with Crippen molar-refractivity contribution in [3.05, 3.63) is 76.4 Å². The van der Waals surface area contributed by atoms with Gasteiger partial charge in [0.05, 0.1) is 11.6 Å². The lowest BCUT2D eigenvalue weighted by Gasteiger charge is -2.40. The predicted molar refractivity (Wildman–Crippen MR) is 93.7 cm³/mol. The van der Waals surface area contributed by atoms with E-state index in [-0.39, 0.29) is 17.9 Å². The quantitative estimate of drug-likeness (QED) is 0.613. The Morgan fingerprint density at radius 1 is 1.00 bits per heavy atom. The minimum Gasteiger partial charge on any atom is -0.377 e. The van der Waals surface area contributed by atoms with Gasteiger partial charge in [-0.3, -0.25) is 0 Å². The van der Waals surface area contributed by atoms with Crippen molar-refractivity contribution in [2.45, 2.75) is 38.4 Å². The highest BCUT2D eigenvalue weighted by molar-refractivity contribution is 5.66. The second-order valence-electron chi connectivity index (χ2n) is 7.05. The number of hydrogen-bond acceptors (Lipinski definition) is 1. The molecule has 0 unspecified atom stereocenters. The van der Waals surface area contributed by atoms with Crippen LogP contribution in [-0.4, -0.2) is 0 Å². The topological polar surface area (TPSA) is 12.0 Å². The van der Waals surface area contributed by atoms with Crippen LogP contribution in [0.25, 0.3) is 0 Å². The molecule has 1 aliphatic heterocycles. The molecule has 1 N–H and O–H groups in total. The third-order valence-corrected chi connectivity index (χ3v) is 5.55. The number of allylic oxidation sites excluding steroid dienone is 2. The lowest BCUT2D eigenvalue weighted by molar-refractivity contribution is -0.138. The molecule has 25 heavy (non-hydrogen) atoms. The first-order valence-corrected chi connectivity index (χ1v) is 8.57. The number of aryl methyl sites for hydroxylation is 2. The SMILES string of the molecule is Cc1ccc(C)c2c1N[C@H](c1ccccc1C(F)(F)F)[C@@H]1CC=C[C@H]21. The number of nitrogens with one attached hydrogen (secondary N) is 1. The molecule has 4 heteroatoms. The van der Waals surface area contributed by atoms with E-state index in [0.717, 1.165) is 17.7 Å². The van der Waals surface area contributed by atoms with E-state index in [0.29, 0.717) is 5.56 Å². The van der Waals surface area contributed by atoms with Gasteiger partial charge in [0.2, 0.25) is 0 Å². The van der Waals surface area contributed by atoms with Crippen molar-refractivity contribution in [2.24, 2.45) is 5.92 Å². The zero-order valence-electron chi connectivity index (χ0n) is 14.2. The number of alkyl halides is 3. The summed E-state index contributed by atoms with van der Waals surface area (Å²) in [5.74, 6) is 0.277. The average molecular weight is 343 g/mol. The highest BCUT2D eigenvalue weighted by atomic mass is 19.4. The Hall–Kier alpha value is -2.23. The van der Waals surface area contributed by atoms with Crippen molar-refractivity contribution in [2.75, 3.05) is 5.32 Å². The number of rotatable bonds is 1. The van der Waals surface area contributed by atoms with Gasteiger partial charge in [-0.1, -0.05) is 42.5 Å². The van der Waals surface area contributed by atoms with E-state index < -0.39 is 11.7 Å². The molecule has 4 rings (SSSR count). The molecule has 3 atom stereocenters. The average Bonchev–Trinajstić information content (AvgIpc) is 3.06. The van der Waals surface area contributed by atoms with Crippen molar-refractivity contribution in [1.29, 1.82) is 0 Å². The van der Waals surface area contributed by atoms with Gasteiger partial charge in [-0.2, -0.15) is 13.2 Å². The van der Waals surface area contributed by atoms with Crippen molar-refractivity contribution in [1.82, 2.24) is 0 Å². The maximum atomic E-state index is 13.5. The Morgan fingerprint density at radius 3 is 2.48 bits per heavy atom. The second-order valence-corrected chi connectivity index (χ2v) is 7.05. The van der Waals surface area contributed by atoms with Crippen LogP contribution in [0.2, 0.25) is 0 Å². The van der Waals surface area contributed by atoms with Crippen molar-refractivity contribution < 1.29 is 13.2 Å². The number of hydrogen-bond donors (Lipinski definition) is 1. The summed E-state index contributed by atoms with van der Waals surface area (Å²) in [4.78, 5) is 0. The van der Waals surface area contributed by atoms with Crippen LogP contribution in [0.4, 0.5) is 18.9 Å². The molecule has 2 aromatic carbocycles. The third-order valence-electron chi connectivity index (χ3n) is 5.55. The molecule has 2 aliphatic rings. The predicted octanol–water partition coefficient (Wildman–Crippen LogP) is 6.15. The molecular formula is C21H20F3N. The first kappa shape index (κ1) is 16.2. The fourth-order valence-corrected chi connectivity index (χ4v) is 4.38. The van der Waals surface area contributed by atoms with E-state index in [2.05, 4.69) is 30.5 Å². The zero-order chi connectivity index (χ0) is 17.8. The van der Waals surface area contributed by atoms with Gasteiger partial charge < -0.3 is 5.32 Å². The Kier molecular flexibility index (Phi) is 3.67. The summed E-state index contributed by atoms with van der Waals surface area (Å²) >= 11 is 0. The summed E-state index contributed by atoms with van der Waals surface area (Å²) in [5.41, 5.74) is 4.31. The van der Waals surface area contributed by atoms with Crippen molar-refractivity contribution in [3.63, 3.8) is 0 Å². The maximum Gasteiger partial charge on any atom is 0.416 e. The number of fused-ring (bicyclic) bond motifs is 3. The first-order valence-electron chi connectivity index (χ1n) is 8.57. The van der Waals surface area contributed by atoms with E-state index >= 15 is 0 Å². The van der Waals surface area contributed by atoms with Gasteiger partial charge in [-0.15, -0.1) is 0 Å². The summed E-state index contributed by atoms with van der Waals surface area (Å²) in [6.07, 6.45) is 0.722. The fraction of sp³-hybridized carbons (Fsp3) is 0.333. The van der Waals surface area contributed by atoms with Crippen LogP contribution in [-0.2, 0) is 6.18 Å². The molecule has 0 spiro atoms. The number of benzene rings is 2. The molecule has 0 amide bonds. The van der Waals surface area contributed by atoms with Gasteiger partial charge >= 0.3 is 6.18 Å². The minimum absolute atomic E-state index is 0.108. The molecule has 0 aromatic heterocycles. The van der Waals surface area contributed by atoms with Crippen LogP contribution in [0, 0.1) is 19.8 Å². The van der Waals surface area contributed by atoms with E-state index in [4.69, 9.17) is 0 Å². The molecule has 2 aromatic rings. The molecule has 1 aliphatic carbocycles. The lowest BCUT2D eigenvalue weighted by atomic mass is 9.74. The van der Waals surface area contributed by atoms with Gasteiger partial charge in [-0.25, -0.2) is 0 Å². The smallest absolute Gasteiger partial charge is 0.377 e. The second kappa shape index (κ2) is 5.65. The van der Waals surface area contributed by atoms with Gasteiger partial charge in [0.1, 0.15) is 0 Å². The van der Waals surface area contributed by atoms with Crippen LogP contribution in [0.5, 0.6) is 0 Å². The van der Waals surface area contributed by atoms with Gasteiger partial charge in [0.25, 0.3) is 0 Å². The first-order chi connectivity index (χ1) is 11.9. The molecule has 1 heterocycles. The fourth-order valence-electron chi connectivity index (χ4n) is 4.38. The third kappa shape index (κ3) is 2.55. The monoisotopic (exact) mass is 343 g/mol.